The van der Waals surface area contributed by atoms with Crippen LogP contribution in [-0.2, 0) is 4.79 Å². The first-order valence-corrected chi connectivity index (χ1v) is 10.7. The van der Waals surface area contributed by atoms with Gasteiger partial charge in [-0.2, -0.15) is 0 Å². The van der Waals surface area contributed by atoms with E-state index in [1.165, 1.54) is 11.8 Å². The normalized spacial score (nSPS) is 12.8. The summed E-state index contributed by atoms with van der Waals surface area (Å²) in [5, 5.41) is 5.47. The second kappa shape index (κ2) is 9.14. The summed E-state index contributed by atoms with van der Waals surface area (Å²) in [6, 6.07) is 20.2. The molecule has 7 heteroatoms. The first-order valence-electron chi connectivity index (χ1n) is 9.83. The fourth-order valence-corrected chi connectivity index (χ4v) is 3.96. The first-order chi connectivity index (χ1) is 15.0. The molecule has 0 saturated heterocycles. The van der Waals surface area contributed by atoms with E-state index in [0.717, 1.165) is 10.5 Å². The molecule has 1 heterocycles. The van der Waals surface area contributed by atoms with Crippen LogP contribution in [0.2, 0.25) is 0 Å². The lowest BCUT2D eigenvalue weighted by atomic mass is 10.1. The van der Waals surface area contributed by atoms with E-state index in [9.17, 15) is 9.59 Å². The monoisotopic (exact) mass is 434 g/mol. The average molecular weight is 435 g/mol. The number of anilines is 2. The van der Waals surface area contributed by atoms with Gasteiger partial charge in [0.15, 0.2) is 11.5 Å². The molecule has 158 valence electrons. The highest BCUT2D eigenvalue weighted by Gasteiger charge is 2.18. The van der Waals surface area contributed by atoms with E-state index < -0.39 is 0 Å². The zero-order valence-electron chi connectivity index (χ0n) is 17.2. The van der Waals surface area contributed by atoms with Crippen LogP contribution in [0.5, 0.6) is 11.5 Å². The van der Waals surface area contributed by atoms with E-state index in [1.54, 1.807) is 30.3 Å². The third-order valence-electron chi connectivity index (χ3n) is 4.73. The number of nitrogens with one attached hydrogen (secondary N) is 2. The second-order valence-electron chi connectivity index (χ2n) is 7.17. The van der Waals surface area contributed by atoms with Gasteiger partial charge in [-0.05, 0) is 56.3 Å². The molecule has 1 aliphatic rings. The third-order valence-corrected chi connectivity index (χ3v) is 5.82. The number of rotatable bonds is 6. The number of benzene rings is 3. The first kappa shape index (κ1) is 20.8. The number of amides is 2. The maximum Gasteiger partial charge on any atom is 0.255 e. The van der Waals surface area contributed by atoms with Crippen LogP contribution in [0.1, 0.15) is 22.8 Å². The molecule has 31 heavy (non-hydrogen) atoms. The van der Waals surface area contributed by atoms with Gasteiger partial charge < -0.3 is 20.1 Å². The van der Waals surface area contributed by atoms with Crippen LogP contribution in [0.3, 0.4) is 0 Å². The fourth-order valence-electron chi connectivity index (χ4n) is 3.03. The van der Waals surface area contributed by atoms with E-state index >= 15 is 0 Å². The summed E-state index contributed by atoms with van der Waals surface area (Å²) in [5.74, 6) is 0.994. The van der Waals surface area contributed by atoms with Crippen LogP contribution in [-0.4, -0.2) is 23.9 Å². The van der Waals surface area contributed by atoms with Crippen molar-refractivity contribution in [2.75, 3.05) is 17.4 Å². The molecule has 4 rings (SSSR count). The smallest absolute Gasteiger partial charge is 0.255 e. The third kappa shape index (κ3) is 5.19. The molecular weight excluding hydrogens is 412 g/mol. The molecule has 0 saturated carbocycles. The van der Waals surface area contributed by atoms with Gasteiger partial charge in [0.25, 0.3) is 5.91 Å². The molecule has 1 unspecified atom stereocenters. The van der Waals surface area contributed by atoms with Crippen LogP contribution >= 0.6 is 11.8 Å². The van der Waals surface area contributed by atoms with Gasteiger partial charge in [0.2, 0.25) is 12.7 Å². The number of carbonyl (C=O) groups is 2. The molecule has 0 spiro atoms. The van der Waals surface area contributed by atoms with E-state index in [-0.39, 0.29) is 23.9 Å². The predicted octanol–water partition coefficient (Wildman–Crippen LogP) is 5.10. The van der Waals surface area contributed by atoms with Crippen LogP contribution in [0.15, 0.2) is 71.6 Å². The minimum atomic E-state index is -0.339. The summed E-state index contributed by atoms with van der Waals surface area (Å²) in [5.41, 5.74) is 3.03. The van der Waals surface area contributed by atoms with E-state index in [4.69, 9.17) is 9.47 Å². The molecule has 3 aromatic rings. The Balaban J connectivity index is 1.37. The van der Waals surface area contributed by atoms with Gasteiger partial charge in [0.1, 0.15) is 0 Å². The SMILES string of the molecule is Cc1ccc(C(=O)Nc2cccc(SC(C)C(=O)Nc3ccc4c(c3)OCO4)c2)cc1. The van der Waals surface area contributed by atoms with Crippen LogP contribution in [0, 0.1) is 6.92 Å². The van der Waals surface area contributed by atoms with Crippen LogP contribution < -0.4 is 20.1 Å². The van der Waals surface area contributed by atoms with Crippen molar-refractivity contribution in [1.82, 2.24) is 0 Å². The Labute approximate surface area is 185 Å². The van der Waals surface area contributed by atoms with Crippen LogP contribution in [0.25, 0.3) is 0 Å². The van der Waals surface area contributed by atoms with Gasteiger partial charge in [0, 0.05) is 27.9 Å². The fraction of sp³-hybridized carbons (Fsp3) is 0.167. The van der Waals surface area contributed by atoms with Gasteiger partial charge in [-0.1, -0.05) is 23.8 Å². The maximum atomic E-state index is 12.6. The zero-order chi connectivity index (χ0) is 21.8. The van der Waals surface area contributed by atoms with Crippen molar-refractivity contribution < 1.29 is 19.1 Å². The van der Waals surface area contributed by atoms with Gasteiger partial charge in [-0.15, -0.1) is 11.8 Å². The molecule has 0 bridgehead atoms. The largest absolute Gasteiger partial charge is 0.454 e. The molecular formula is C24H22N2O4S. The number of carbonyl (C=O) groups excluding carboxylic acids is 2. The Bertz CT molecular complexity index is 1110. The molecule has 0 fully saturated rings. The number of hydrogen-bond acceptors (Lipinski definition) is 5. The Morgan fingerprint density at radius 2 is 1.65 bits per heavy atom. The standard InChI is InChI=1S/C24H22N2O4S/c1-15-6-8-17(9-7-15)24(28)26-18-4-3-5-20(12-18)31-16(2)23(27)25-19-10-11-21-22(13-19)30-14-29-21/h3-13,16H,14H2,1-2H3,(H,25,27)(H,26,28). The molecule has 3 aromatic carbocycles. The molecule has 6 nitrogen and oxygen atoms in total. The summed E-state index contributed by atoms with van der Waals surface area (Å²) >= 11 is 1.42. The maximum absolute atomic E-state index is 12.6. The summed E-state index contributed by atoms with van der Waals surface area (Å²) in [4.78, 5) is 26.0. The second-order valence-corrected chi connectivity index (χ2v) is 8.58. The molecule has 1 atom stereocenters. The van der Waals surface area contributed by atoms with Crippen molar-refractivity contribution in [3.05, 3.63) is 77.9 Å². The molecule has 2 N–H and O–H groups in total. The van der Waals surface area contributed by atoms with E-state index in [1.807, 2.05) is 50.2 Å². The lowest BCUT2D eigenvalue weighted by molar-refractivity contribution is -0.115. The molecule has 0 aromatic heterocycles. The minimum Gasteiger partial charge on any atom is -0.454 e. The highest BCUT2D eigenvalue weighted by molar-refractivity contribution is 8.00. The van der Waals surface area contributed by atoms with Crippen molar-refractivity contribution in [1.29, 1.82) is 0 Å². The molecule has 1 aliphatic heterocycles. The Morgan fingerprint density at radius 3 is 2.45 bits per heavy atom. The summed E-state index contributed by atoms with van der Waals surface area (Å²) in [6.45, 7) is 4.01. The topological polar surface area (TPSA) is 76.7 Å². The van der Waals surface area contributed by atoms with E-state index in [2.05, 4.69) is 10.6 Å². The zero-order valence-corrected chi connectivity index (χ0v) is 18.0. The highest BCUT2D eigenvalue weighted by atomic mass is 32.2. The molecule has 2 amide bonds. The average Bonchev–Trinajstić information content (AvgIpc) is 3.22. The molecule has 0 radical (unpaired) electrons. The minimum absolute atomic E-state index is 0.127. The number of ether oxygens (including phenoxy) is 2. The van der Waals surface area contributed by atoms with Gasteiger partial charge >= 0.3 is 0 Å². The highest BCUT2D eigenvalue weighted by Crippen LogP contribution is 2.34. The summed E-state index contributed by atoms with van der Waals surface area (Å²) in [6.07, 6.45) is 0. The lowest BCUT2D eigenvalue weighted by Crippen LogP contribution is -2.22. The van der Waals surface area contributed by atoms with Gasteiger partial charge in [-0.3, -0.25) is 9.59 Å². The molecule has 0 aliphatic carbocycles. The Kier molecular flexibility index (Phi) is 6.13. The summed E-state index contributed by atoms with van der Waals surface area (Å²) < 4.78 is 10.6. The van der Waals surface area contributed by atoms with Crippen molar-refractivity contribution in [3.8, 4) is 11.5 Å². The van der Waals surface area contributed by atoms with Gasteiger partial charge in [0.05, 0.1) is 5.25 Å². The number of thioether (sulfide) groups is 1. The number of fused-ring (bicyclic) bond motifs is 1. The van der Waals surface area contributed by atoms with Gasteiger partial charge in [-0.25, -0.2) is 0 Å². The van der Waals surface area contributed by atoms with Crippen molar-refractivity contribution >= 4 is 35.0 Å². The number of aryl methyl sites for hydroxylation is 1. The number of hydrogen-bond donors (Lipinski definition) is 2. The van der Waals surface area contributed by atoms with Crippen LogP contribution in [0.4, 0.5) is 11.4 Å². The Hall–Kier alpha value is -3.45. The summed E-state index contributed by atoms with van der Waals surface area (Å²) in [7, 11) is 0. The quantitative estimate of drug-likeness (QED) is 0.528. The van der Waals surface area contributed by atoms with Crippen molar-refractivity contribution in [3.63, 3.8) is 0 Å². The van der Waals surface area contributed by atoms with Crippen molar-refractivity contribution in [2.45, 2.75) is 24.0 Å². The lowest BCUT2D eigenvalue weighted by Gasteiger charge is -2.13. The predicted molar refractivity (Wildman–Crippen MR) is 122 cm³/mol. The van der Waals surface area contributed by atoms with E-state index in [0.29, 0.717) is 28.4 Å². The Morgan fingerprint density at radius 1 is 0.903 bits per heavy atom. The van der Waals surface area contributed by atoms with Crippen molar-refractivity contribution in [2.24, 2.45) is 0 Å².